The summed E-state index contributed by atoms with van der Waals surface area (Å²) in [5.74, 6) is 2.30. The van der Waals surface area contributed by atoms with Gasteiger partial charge in [0.15, 0.2) is 5.82 Å². The molecule has 2 N–H and O–H groups in total. The van der Waals surface area contributed by atoms with E-state index in [-0.39, 0.29) is 5.91 Å². The summed E-state index contributed by atoms with van der Waals surface area (Å²) in [5.41, 5.74) is 1.66. The maximum atomic E-state index is 11.9. The van der Waals surface area contributed by atoms with Crippen molar-refractivity contribution in [3.8, 4) is 11.4 Å². The summed E-state index contributed by atoms with van der Waals surface area (Å²) >= 11 is 0. The third kappa shape index (κ3) is 4.33. The predicted octanol–water partition coefficient (Wildman–Crippen LogP) is 2.07. The van der Waals surface area contributed by atoms with Crippen molar-refractivity contribution in [2.45, 2.75) is 27.2 Å². The highest BCUT2D eigenvalue weighted by Crippen LogP contribution is 2.17. The van der Waals surface area contributed by atoms with Crippen molar-refractivity contribution >= 4 is 17.5 Å². The number of nitrogens with one attached hydrogen (secondary N) is 2. The van der Waals surface area contributed by atoms with Gasteiger partial charge in [-0.05, 0) is 25.0 Å². The fourth-order valence-electron chi connectivity index (χ4n) is 2.44. The smallest absolute Gasteiger partial charge is 0.254 e. The lowest BCUT2D eigenvalue weighted by atomic mass is 10.2. The Bertz CT molecular complexity index is 889. The number of aromatic nitrogens is 5. The van der Waals surface area contributed by atoms with Gasteiger partial charge in [-0.25, -0.2) is 4.98 Å². The van der Waals surface area contributed by atoms with E-state index in [1.165, 1.54) is 0 Å². The highest BCUT2D eigenvalue weighted by Gasteiger charge is 2.12. The van der Waals surface area contributed by atoms with Gasteiger partial charge in [0.1, 0.15) is 5.82 Å². The van der Waals surface area contributed by atoms with Gasteiger partial charge in [-0.3, -0.25) is 9.78 Å². The standard InChI is InChI=1S/C18H23N7O/c1-12(2)10-21-16(26)6-8-20-15-9-13(3)22-18-23-17(24-25(15)18)14-5-4-7-19-11-14/h4-5,7,9,11-12,20H,6,8,10H2,1-3H3,(H,21,26). The molecule has 0 aromatic carbocycles. The Kier molecular flexibility index (Phi) is 5.40. The summed E-state index contributed by atoms with van der Waals surface area (Å²) in [6.45, 7) is 7.23. The average Bonchev–Trinajstić information content (AvgIpc) is 3.04. The lowest BCUT2D eigenvalue weighted by Crippen LogP contribution is -2.28. The lowest BCUT2D eigenvalue weighted by Gasteiger charge is -2.10. The Morgan fingerprint density at radius 3 is 2.88 bits per heavy atom. The van der Waals surface area contributed by atoms with Gasteiger partial charge >= 0.3 is 0 Å². The molecule has 0 radical (unpaired) electrons. The van der Waals surface area contributed by atoms with Crippen LogP contribution in [0.2, 0.25) is 0 Å². The molecule has 0 aliphatic heterocycles. The van der Waals surface area contributed by atoms with E-state index in [1.54, 1.807) is 16.9 Å². The second-order valence-electron chi connectivity index (χ2n) is 6.55. The number of rotatable bonds is 7. The molecular weight excluding hydrogens is 330 g/mol. The second-order valence-corrected chi connectivity index (χ2v) is 6.55. The van der Waals surface area contributed by atoms with Gasteiger partial charge < -0.3 is 10.6 Å². The molecule has 1 amide bonds. The van der Waals surface area contributed by atoms with Crippen molar-refractivity contribution in [3.05, 3.63) is 36.3 Å². The second kappa shape index (κ2) is 7.90. The SMILES string of the molecule is Cc1cc(NCCC(=O)NCC(C)C)n2nc(-c3cccnc3)nc2n1. The number of anilines is 1. The van der Waals surface area contributed by atoms with Gasteiger partial charge in [-0.15, -0.1) is 5.10 Å². The molecule has 8 nitrogen and oxygen atoms in total. The number of carbonyl (C=O) groups is 1. The van der Waals surface area contributed by atoms with E-state index in [9.17, 15) is 4.79 Å². The van der Waals surface area contributed by atoms with E-state index >= 15 is 0 Å². The van der Waals surface area contributed by atoms with E-state index < -0.39 is 0 Å². The Hall–Kier alpha value is -3.03. The average molecular weight is 353 g/mol. The fraction of sp³-hybridized carbons (Fsp3) is 0.389. The van der Waals surface area contributed by atoms with Crippen molar-refractivity contribution in [1.82, 2.24) is 29.9 Å². The molecule has 8 heteroatoms. The quantitative estimate of drug-likeness (QED) is 0.675. The van der Waals surface area contributed by atoms with E-state index in [0.717, 1.165) is 17.1 Å². The van der Waals surface area contributed by atoms with Crippen LogP contribution in [0.3, 0.4) is 0 Å². The molecule has 0 unspecified atom stereocenters. The molecule has 0 saturated carbocycles. The van der Waals surface area contributed by atoms with Gasteiger partial charge in [-0.2, -0.15) is 9.50 Å². The molecule has 3 aromatic heterocycles. The molecule has 3 heterocycles. The van der Waals surface area contributed by atoms with Gasteiger partial charge in [0.25, 0.3) is 5.78 Å². The number of hydrogen-bond donors (Lipinski definition) is 2. The topological polar surface area (TPSA) is 97.1 Å². The molecule has 0 aliphatic rings. The highest BCUT2D eigenvalue weighted by atomic mass is 16.1. The number of hydrogen-bond acceptors (Lipinski definition) is 6. The minimum atomic E-state index is 0.0304. The fourth-order valence-corrected chi connectivity index (χ4v) is 2.44. The summed E-state index contributed by atoms with van der Waals surface area (Å²) in [4.78, 5) is 24.9. The monoisotopic (exact) mass is 353 g/mol. The van der Waals surface area contributed by atoms with Crippen LogP contribution in [-0.4, -0.2) is 43.6 Å². The molecule has 3 aromatic rings. The molecule has 0 aliphatic carbocycles. The summed E-state index contributed by atoms with van der Waals surface area (Å²) < 4.78 is 1.65. The number of pyridine rings is 1. The van der Waals surface area contributed by atoms with Crippen molar-refractivity contribution in [3.63, 3.8) is 0 Å². The first kappa shape index (κ1) is 17.8. The summed E-state index contributed by atoms with van der Waals surface area (Å²) in [7, 11) is 0. The van der Waals surface area contributed by atoms with Gasteiger partial charge in [0.2, 0.25) is 5.91 Å². The number of fused-ring (bicyclic) bond motifs is 1. The Morgan fingerprint density at radius 2 is 2.15 bits per heavy atom. The molecule has 0 fully saturated rings. The van der Waals surface area contributed by atoms with E-state index in [1.807, 2.05) is 25.1 Å². The molecule has 136 valence electrons. The molecule has 0 bridgehead atoms. The zero-order valence-corrected chi connectivity index (χ0v) is 15.2. The molecule has 0 saturated heterocycles. The van der Waals surface area contributed by atoms with Crippen LogP contribution in [0.5, 0.6) is 0 Å². The first-order chi connectivity index (χ1) is 12.5. The molecular formula is C18H23N7O. The predicted molar refractivity (Wildman–Crippen MR) is 99.7 cm³/mol. The van der Waals surface area contributed by atoms with Crippen LogP contribution in [0.4, 0.5) is 5.82 Å². The first-order valence-corrected chi connectivity index (χ1v) is 8.68. The number of amides is 1. The third-order valence-electron chi connectivity index (χ3n) is 3.73. The lowest BCUT2D eigenvalue weighted by molar-refractivity contribution is -0.120. The van der Waals surface area contributed by atoms with Gasteiger partial charge in [-0.1, -0.05) is 13.8 Å². The van der Waals surface area contributed by atoms with Crippen molar-refractivity contribution < 1.29 is 4.79 Å². The van der Waals surface area contributed by atoms with E-state index in [2.05, 4.69) is 44.5 Å². The van der Waals surface area contributed by atoms with Crippen LogP contribution in [0.25, 0.3) is 17.2 Å². The van der Waals surface area contributed by atoms with Gasteiger partial charge in [0, 0.05) is 49.2 Å². The number of carbonyl (C=O) groups excluding carboxylic acids is 1. The Balaban J connectivity index is 1.74. The van der Waals surface area contributed by atoms with Crippen LogP contribution in [-0.2, 0) is 4.79 Å². The summed E-state index contributed by atoms with van der Waals surface area (Å²) in [5, 5.41) is 10.7. The Morgan fingerprint density at radius 1 is 1.31 bits per heavy atom. The first-order valence-electron chi connectivity index (χ1n) is 8.68. The van der Waals surface area contributed by atoms with Crippen LogP contribution in [0, 0.1) is 12.8 Å². The third-order valence-corrected chi connectivity index (χ3v) is 3.73. The van der Waals surface area contributed by atoms with Crippen molar-refractivity contribution in [2.24, 2.45) is 5.92 Å². The molecule has 0 atom stereocenters. The van der Waals surface area contributed by atoms with Crippen molar-refractivity contribution in [2.75, 3.05) is 18.4 Å². The Labute approximate surface area is 152 Å². The van der Waals surface area contributed by atoms with E-state index in [0.29, 0.717) is 37.0 Å². The van der Waals surface area contributed by atoms with E-state index in [4.69, 9.17) is 0 Å². The normalized spacial score (nSPS) is 11.1. The minimum Gasteiger partial charge on any atom is -0.369 e. The van der Waals surface area contributed by atoms with Gasteiger partial charge in [0.05, 0.1) is 0 Å². The number of nitrogens with zero attached hydrogens (tertiary/aromatic N) is 5. The number of aryl methyl sites for hydroxylation is 1. The van der Waals surface area contributed by atoms with Crippen LogP contribution >= 0.6 is 0 Å². The molecule has 0 spiro atoms. The minimum absolute atomic E-state index is 0.0304. The maximum Gasteiger partial charge on any atom is 0.254 e. The largest absolute Gasteiger partial charge is 0.369 e. The van der Waals surface area contributed by atoms with Crippen LogP contribution < -0.4 is 10.6 Å². The highest BCUT2D eigenvalue weighted by molar-refractivity contribution is 5.76. The molecule has 3 rings (SSSR count). The van der Waals surface area contributed by atoms with Crippen LogP contribution in [0.1, 0.15) is 26.0 Å². The zero-order valence-electron chi connectivity index (χ0n) is 15.2. The summed E-state index contributed by atoms with van der Waals surface area (Å²) in [6, 6.07) is 5.64. The zero-order chi connectivity index (χ0) is 18.5. The summed E-state index contributed by atoms with van der Waals surface area (Å²) in [6.07, 6.45) is 3.81. The van der Waals surface area contributed by atoms with Crippen molar-refractivity contribution in [1.29, 1.82) is 0 Å². The van der Waals surface area contributed by atoms with Crippen LogP contribution in [0.15, 0.2) is 30.6 Å². The molecule has 26 heavy (non-hydrogen) atoms. The maximum absolute atomic E-state index is 11.9.